The summed E-state index contributed by atoms with van der Waals surface area (Å²) in [5.41, 5.74) is 7.88. The topological polar surface area (TPSA) is 45.4 Å². The summed E-state index contributed by atoms with van der Waals surface area (Å²) in [5, 5.41) is 0. The normalized spacial score (nSPS) is 12.8. The summed E-state index contributed by atoms with van der Waals surface area (Å²) < 4.78 is 0. The van der Waals surface area contributed by atoms with Crippen molar-refractivity contribution < 1.29 is 0 Å². The van der Waals surface area contributed by atoms with Gasteiger partial charge in [-0.15, -0.1) is 0 Å². The van der Waals surface area contributed by atoms with Gasteiger partial charge in [0.25, 0.3) is 0 Å². The van der Waals surface area contributed by atoms with Gasteiger partial charge in [0, 0.05) is 31.9 Å². The quantitative estimate of drug-likeness (QED) is 0.809. The van der Waals surface area contributed by atoms with Crippen LogP contribution in [0.5, 0.6) is 0 Å². The third-order valence-electron chi connectivity index (χ3n) is 2.87. The van der Waals surface area contributed by atoms with Crippen molar-refractivity contribution in [3.8, 4) is 0 Å². The number of rotatable bonds is 6. The number of anilines is 1. The highest BCUT2D eigenvalue weighted by Gasteiger charge is 2.16. The van der Waals surface area contributed by atoms with Gasteiger partial charge in [0.2, 0.25) is 0 Å². The minimum atomic E-state index is 0.449. The summed E-state index contributed by atoms with van der Waals surface area (Å²) >= 11 is 0. The summed E-state index contributed by atoms with van der Waals surface area (Å²) in [6.07, 6.45) is 1.80. The molecule has 0 radical (unpaired) electrons. The molecule has 0 saturated carbocycles. The molecule has 17 heavy (non-hydrogen) atoms. The van der Waals surface area contributed by atoms with E-state index >= 15 is 0 Å². The highest BCUT2D eigenvalue weighted by atomic mass is 15.2. The van der Waals surface area contributed by atoms with Crippen molar-refractivity contribution in [2.45, 2.75) is 26.4 Å². The molecular weight excluding hydrogens is 212 g/mol. The van der Waals surface area contributed by atoms with Gasteiger partial charge in [0.05, 0.1) is 11.4 Å². The Balaban J connectivity index is 2.92. The molecule has 0 spiro atoms. The van der Waals surface area contributed by atoms with E-state index in [2.05, 4.69) is 48.8 Å². The molecule has 0 aliphatic carbocycles. The van der Waals surface area contributed by atoms with Crippen LogP contribution in [0.15, 0.2) is 18.3 Å². The molecule has 1 aromatic heterocycles. The fraction of sp³-hybridized carbons (Fsp3) is 0.615. The lowest BCUT2D eigenvalue weighted by atomic mass is 10.2. The van der Waals surface area contributed by atoms with Crippen LogP contribution in [0.2, 0.25) is 0 Å². The number of likely N-dealkylation sites (N-methyl/N-ethyl adjacent to an activating group) is 2. The molecule has 0 amide bonds. The average Bonchev–Trinajstić information content (AvgIpc) is 2.29. The predicted octanol–water partition coefficient (Wildman–Crippen LogP) is 1.32. The van der Waals surface area contributed by atoms with Crippen molar-refractivity contribution in [3.63, 3.8) is 0 Å². The Hall–Kier alpha value is -1.13. The minimum Gasteiger partial charge on any atom is -0.366 e. The SMILES string of the molecule is CCN(c1cccnc1CN)C(C)CN(C)C. The largest absolute Gasteiger partial charge is 0.366 e. The van der Waals surface area contributed by atoms with E-state index in [1.165, 1.54) is 0 Å². The maximum atomic E-state index is 5.74. The Kier molecular flexibility index (Phi) is 5.38. The van der Waals surface area contributed by atoms with Crippen LogP contribution < -0.4 is 10.6 Å². The first-order chi connectivity index (χ1) is 8.10. The summed E-state index contributed by atoms with van der Waals surface area (Å²) in [5.74, 6) is 0. The molecule has 0 aromatic carbocycles. The molecule has 1 atom stereocenters. The maximum absolute atomic E-state index is 5.74. The molecular formula is C13H24N4. The highest BCUT2D eigenvalue weighted by Crippen LogP contribution is 2.20. The Morgan fingerprint density at radius 2 is 2.12 bits per heavy atom. The lowest BCUT2D eigenvalue weighted by Crippen LogP contribution is -2.40. The third kappa shape index (κ3) is 3.68. The van der Waals surface area contributed by atoms with Gasteiger partial charge in [-0.05, 0) is 40.1 Å². The molecule has 1 unspecified atom stereocenters. The van der Waals surface area contributed by atoms with Gasteiger partial charge in [0.15, 0.2) is 0 Å². The standard InChI is InChI=1S/C13H24N4/c1-5-17(11(2)10-16(3)4)13-7-6-8-15-12(13)9-14/h6-8,11H,5,9-10,14H2,1-4H3. The monoisotopic (exact) mass is 236 g/mol. The lowest BCUT2D eigenvalue weighted by molar-refractivity contribution is 0.372. The van der Waals surface area contributed by atoms with E-state index in [1.54, 1.807) is 6.20 Å². The Labute approximate surface area is 104 Å². The molecule has 0 aliphatic heterocycles. The second-order valence-corrected chi connectivity index (χ2v) is 4.57. The molecule has 96 valence electrons. The first-order valence-corrected chi connectivity index (χ1v) is 6.15. The maximum Gasteiger partial charge on any atom is 0.0772 e. The Bertz CT molecular complexity index is 338. The van der Waals surface area contributed by atoms with Gasteiger partial charge in [-0.25, -0.2) is 0 Å². The zero-order valence-electron chi connectivity index (χ0n) is 11.3. The predicted molar refractivity (Wildman–Crippen MR) is 73.2 cm³/mol. The molecule has 1 heterocycles. The second-order valence-electron chi connectivity index (χ2n) is 4.57. The fourth-order valence-corrected chi connectivity index (χ4v) is 2.19. The fourth-order valence-electron chi connectivity index (χ4n) is 2.19. The Morgan fingerprint density at radius 3 is 2.65 bits per heavy atom. The van der Waals surface area contributed by atoms with Crippen molar-refractivity contribution in [3.05, 3.63) is 24.0 Å². The number of pyridine rings is 1. The molecule has 2 N–H and O–H groups in total. The van der Waals surface area contributed by atoms with E-state index < -0.39 is 0 Å². The van der Waals surface area contributed by atoms with E-state index in [1.807, 2.05) is 6.07 Å². The van der Waals surface area contributed by atoms with Gasteiger partial charge >= 0.3 is 0 Å². The van der Waals surface area contributed by atoms with Crippen LogP contribution in [-0.2, 0) is 6.54 Å². The zero-order valence-corrected chi connectivity index (χ0v) is 11.3. The van der Waals surface area contributed by atoms with E-state index in [4.69, 9.17) is 5.73 Å². The summed E-state index contributed by atoms with van der Waals surface area (Å²) in [6.45, 7) is 6.87. The number of nitrogens with two attached hydrogens (primary N) is 1. The number of nitrogens with zero attached hydrogens (tertiary/aromatic N) is 3. The van der Waals surface area contributed by atoms with Gasteiger partial charge in [-0.2, -0.15) is 0 Å². The van der Waals surface area contributed by atoms with Crippen LogP contribution in [0.25, 0.3) is 0 Å². The third-order valence-corrected chi connectivity index (χ3v) is 2.87. The molecule has 0 saturated heterocycles. The average molecular weight is 236 g/mol. The number of hydrogen-bond donors (Lipinski definition) is 1. The molecule has 0 bridgehead atoms. The van der Waals surface area contributed by atoms with Gasteiger partial charge in [-0.3, -0.25) is 4.98 Å². The van der Waals surface area contributed by atoms with Crippen LogP contribution in [0.3, 0.4) is 0 Å². The van der Waals surface area contributed by atoms with E-state index in [-0.39, 0.29) is 0 Å². The number of hydrogen-bond acceptors (Lipinski definition) is 4. The van der Waals surface area contributed by atoms with Crippen LogP contribution in [0.4, 0.5) is 5.69 Å². The van der Waals surface area contributed by atoms with Gasteiger partial charge < -0.3 is 15.5 Å². The van der Waals surface area contributed by atoms with E-state index in [9.17, 15) is 0 Å². The van der Waals surface area contributed by atoms with Crippen LogP contribution in [0.1, 0.15) is 19.5 Å². The first-order valence-electron chi connectivity index (χ1n) is 6.15. The smallest absolute Gasteiger partial charge is 0.0772 e. The van der Waals surface area contributed by atoms with Gasteiger partial charge in [0.1, 0.15) is 0 Å². The van der Waals surface area contributed by atoms with Crippen molar-refractivity contribution in [2.75, 3.05) is 32.1 Å². The molecule has 0 fully saturated rings. The van der Waals surface area contributed by atoms with E-state index in [0.717, 1.165) is 24.5 Å². The van der Waals surface area contributed by atoms with Crippen molar-refractivity contribution >= 4 is 5.69 Å². The van der Waals surface area contributed by atoms with Crippen LogP contribution in [0, 0.1) is 0 Å². The van der Waals surface area contributed by atoms with Crippen LogP contribution >= 0.6 is 0 Å². The Morgan fingerprint density at radius 1 is 1.41 bits per heavy atom. The zero-order chi connectivity index (χ0) is 12.8. The second kappa shape index (κ2) is 6.57. The van der Waals surface area contributed by atoms with Gasteiger partial charge in [-0.1, -0.05) is 0 Å². The number of aromatic nitrogens is 1. The molecule has 4 heteroatoms. The highest BCUT2D eigenvalue weighted by molar-refractivity contribution is 5.51. The molecule has 0 aliphatic rings. The van der Waals surface area contributed by atoms with Crippen LogP contribution in [-0.4, -0.2) is 43.1 Å². The summed E-state index contributed by atoms with van der Waals surface area (Å²) in [4.78, 5) is 8.90. The summed E-state index contributed by atoms with van der Waals surface area (Å²) in [7, 11) is 4.19. The van der Waals surface area contributed by atoms with Crippen molar-refractivity contribution in [1.82, 2.24) is 9.88 Å². The first kappa shape index (κ1) is 13.9. The van der Waals surface area contributed by atoms with Crippen molar-refractivity contribution in [1.29, 1.82) is 0 Å². The molecule has 1 rings (SSSR count). The summed E-state index contributed by atoms with van der Waals surface area (Å²) in [6, 6.07) is 4.52. The van der Waals surface area contributed by atoms with Crippen molar-refractivity contribution in [2.24, 2.45) is 5.73 Å². The molecule has 1 aromatic rings. The lowest BCUT2D eigenvalue weighted by Gasteiger charge is -2.33. The van der Waals surface area contributed by atoms with E-state index in [0.29, 0.717) is 12.6 Å². The minimum absolute atomic E-state index is 0.449. The molecule has 4 nitrogen and oxygen atoms in total.